The number of carboxylic acids is 1. The molecular formula is C40H38F2N2O6. The molecule has 50 heavy (non-hydrogen) atoms. The van der Waals surface area contributed by atoms with E-state index in [9.17, 15) is 28.6 Å². The first-order valence-corrected chi connectivity index (χ1v) is 16.1. The molecule has 1 amide bonds. The summed E-state index contributed by atoms with van der Waals surface area (Å²) in [5, 5.41) is 32.9. The monoisotopic (exact) mass is 680 g/mol. The topological polar surface area (TPSA) is 121 Å². The van der Waals surface area contributed by atoms with Crippen LogP contribution >= 0.6 is 0 Å². The van der Waals surface area contributed by atoms with Gasteiger partial charge in [0.2, 0.25) is 0 Å². The van der Waals surface area contributed by atoms with Crippen molar-refractivity contribution < 1.29 is 38.4 Å². The normalized spacial score (nSPS) is 12.6. The summed E-state index contributed by atoms with van der Waals surface area (Å²) >= 11 is 0. The molecule has 0 bridgehead atoms. The van der Waals surface area contributed by atoms with Gasteiger partial charge in [-0.1, -0.05) is 60.7 Å². The van der Waals surface area contributed by atoms with Crippen LogP contribution in [0.4, 0.5) is 14.5 Å². The Labute approximate surface area is 288 Å². The molecule has 8 nitrogen and oxygen atoms in total. The van der Waals surface area contributed by atoms with E-state index in [2.05, 4.69) is 5.32 Å². The Morgan fingerprint density at radius 1 is 0.820 bits per heavy atom. The van der Waals surface area contributed by atoms with Crippen LogP contribution < -0.4 is 10.1 Å². The molecule has 10 heteroatoms. The minimum Gasteiger partial charge on any atom is -0.489 e. The van der Waals surface area contributed by atoms with Crippen LogP contribution in [0.2, 0.25) is 0 Å². The lowest BCUT2D eigenvalue weighted by atomic mass is 9.94. The van der Waals surface area contributed by atoms with E-state index < -0.39 is 42.1 Å². The maximum absolute atomic E-state index is 14.4. The molecule has 2 atom stereocenters. The lowest BCUT2D eigenvalue weighted by molar-refractivity contribution is -0.139. The molecule has 258 valence electrons. The van der Waals surface area contributed by atoms with Crippen molar-refractivity contribution in [1.82, 2.24) is 4.57 Å². The largest absolute Gasteiger partial charge is 0.489 e. The van der Waals surface area contributed by atoms with Crippen LogP contribution in [0.15, 0.2) is 109 Å². The Morgan fingerprint density at radius 2 is 1.40 bits per heavy atom. The van der Waals surface area contributed by atoms with Gasteiger partial charge in [-0.05, 0) is 85.1 Å². The van der Waals surface area contributed by atoms with Crippen LogP contribution in [0.1, 0.15) is 54.5 Å². The van der Waals surface area contributed by atoms with E-state index in [0.29, 0.717) is 46.0 Å². The van der Waals surface area contributed by atoms with Crippen LogP contribution in [0.25, 0.3) is 28.3 Å². The van der Waals surface area contributed by atoms with Gasteiger partial charge in [0.05, 0.1) is 18.6 Å². The molecule has 0 radical (unpaired) electrons. The lowest BCUT2D eigenvalue weighted by Crippen LogP contribution is -2.20. The summed E-state index contributed by atoms with van der Waals surface area (Å²) in [6, 6.07) is 27.8. The quantitative estimate of drug-likeness (QED) is 0.0941. The smallest absolute Gasteiger partial charge is 0.305 e. The molecule has 4 aromatic carbocycles. The summed E-state index contributed by atoms with van der Waals surface area (Å²) in [5.41, 5.74) is 4.26. The van der Waals surface area contributed by atoms with Crippen molar-refractivity contribution in [2.45, 2.75) is 51.5 Å². The fourth-order valence-corrected chi connectivity index (χ4v) is 5.75. The number of aromatic nitrogens is 1. The van der Waals surface area contributed by atoms with Crippen molar-refractivity contribution >= 4 is 23.6 Å². The van der Waals surface area contributed by atoms with Gasteiger partial charge in [-0.15, -0.1) is 0 Å². The average molecular weight is 681 g/mol. The molecule has 0 spiro atoms. The number of aliphatic carboxylic acids is 1. The number of hydrogen-bond donors (Lipinski definition) is 4. The van der Waals surface area contributed by atoms with E-state index >= 15 is 0 Å². The van der Waals surface area contributed by atoms with Gasteiger partial charge >= 0.3 is 5.97 Å². The number of halogens is 2. The molecule has 1 heterocycles. The molecule has 4 N–H and O–H groups in total. The van der Waals surface area contributed by atoms with Crippen LogP contribution in [-0.4, -0.2) is 44.0 Å². The summed E-state index contributed by atoms with van der Waals surface area (Å²) in [4.78, 5) is 25.4. The molecule has 0 saturated carbocycles. The standard InChI is InChI=1S/C40H38F2N2O6/c1-25(2)44-35(21-18-32(45)22-33(46)23-36(47)48)37(27-8-12-29(41)13-9-27)38(28-10-14-30(42)15-11-28)39(44)40(49)43-31-16-19-34(20-17-31)50-24-26-6-4-3-5-7-26/h3-21,25,32-33,45-46H,22-24H2,1-2H3,(H,43,49)(H,47,48)/b21-18+/t32-,33-/m1/s1. The first kappa shape index (κ1) is 35.7. The van der Waals surface area contributed by atoms with Crippen molar-refractivity contribution in [2.75, 3.05) is 5.32 Å². The van der Waals surface area contributed by atoms with Crippen LogP contribution in [0.5, 0.6) is 5.75 Å². The molecule has 0 unspecified atom stereocenters. The molecule has 0 aliphatic heterocycles. The van der Waals surface area contributed by atoms with E-state index in [1.807, 2.05) is 44.2 Å². The van der Waals surface area contributed by atoms with Crippen LogP contribution in [0.3, 0.4) is 0 Å². The first-order valence-electron chi connectivity index (χ1n) is 16.1. The molecule has 0 aliphatic rings. The number of nitrogens with one attached hydrogen (secondary N) is 1. The number of rotatable bonds is 14. The maximum atomic E-state index is 14.4. The number of carbonyl (C=O) groups excluding carboxylic acids is 1. The van der Waals surface area contributed by atoms with Gasteiger partial charge in [0, 0.05) is 35.0 Å². The first-order chi connectivity index (χ1) is 24.0. The highest BCUT2D eigenvalue weighted by atomic mass is 19.1. The highest BCUT2D eigenvalue weighted by Crippen LogP contribution is 2.43. The van der Waals surface area contributed by atoms with E-state index in [1.54, 1.807) is 59.2 Å². The zero-order chi connectivity index (χ0) is 35.8. The minimum absolute atomic E-state index is 0.232. The number of nitrogens with zero attached hydrogens (tertiary/aromatic N) is 1. The number of carboxylic acid groups (broad SMARTS) is 1. The molecule has 0 aliphatic carbocycles. The van der Waals surface area contributed by atoms with Crippen molar-refractivity contribution in [1.29, 1.82) is 0 Å². The SMILES string of the molecule is CC(C)n1c(/C=C/[C@@H](O)C[C@@H](O)CC(=O)O)c(-c2ccc(F)cc2)c(-c2ccc(F)cc2)c1C(=O)Nc1ccc(OCc2ccccc2)cc1. The van der Waals surface area contributed by atoms with Crippen molar-refractivity contribution in [3.8, 4) is 28.0 Å². The van der Waals surface area contributed by atoms with Gasteiger partial charge in [-0.2, -0.15) is 0 Å². The second-order valence-electron chi connectivity index (χ2n) is 12.1. The van der Waals surface area contributed by atoms with E-state index in [4.69, 9.17) is 9.84 Å². The highest BCUT2D eigenvalue weighted by molar-refractivity contribution is 6.12. The molecular weight excluding hydrogens is 642 g/mol. The summed E-state index contributed by atoms with van der Waals surface area (Å²) < 4.78 is 36.0. The van der Waals surface area contributed by atoms with Gasteiger partial charge in [0.25, 0.3) is 5.91 Å². The Balaban J connectivity index is 1.59. The van der Waals surface area contributed by atoms with Gasteiger partial charge in [0.15, 0.2) is 0 Å². The van der Waals surface area contributed by atoms with Crippen molar-refractivity contribution in [3.05, 3.63) is 138 Å². The van der Waals surface area contributed by atoms with Gasteiger partial charge in [-0.3, -0.25) is 9.59 Å². The Hall–Kier alpha value is -5.58. The molecule has 0 fully saturated rings. The third-order valence-electron chi connectivity index (χ3n) is 8.00. The van der Waals surface area contributed by atoms with E-state index in [-0.39, 0.29) is 18.2 Å². The number of amides is 1. The number of carbonyl (C=O) groups is 2. The number of aliphatic hydroxyl groups is 2. The number of benzene rings is 4. The van der Waals surface area contributed by atoms with Gasteiger partial charge in [-0.25, -0.2) is 8.78 Å². The van der Waals surface area contributed by atoms with Crippen molar-refractivity contribution in [2.24, 2.45) is 0 Å². The Morgan fingerprint density at radius 3 is 1.96 bits per heavy atom. The predicted octanol–water partition coefficient (Wildman–Crippen LogP) is 8.11. The fraction of sp³-hybridized carbons (Fsp3) is 0.200. The zero-order valence-corrected chi connectivity index (χ0v) is 27.6. The summed E-state index contributed by atoms with van der Waals surface area (Å²) in [6.07, 6.45) is -0.272. The van der Waals surface area contributed by atoms with Gasteiger partial charge in [0.1, 0.15) is 29.7 Å². The predicted molar refractivity (Wildman–Crippen MR) is 189 cm³/mol. The van der Waals surface area contributed by atoms with E-state index in [1.165, 1.54) is 30.3 Å². The second kappa shape index (κ2) is 16.2. The minimum atomic E-state index is -1.29. The number of ether oxygens (including phenoxy) is 1. The highest BCUT2D eigenvalue weighted by Gasteiger charge is 2.30. The number of hydrogen-bond acceptors (Lipinski definition) is 5. The lowest BCUT2D eigenvalue weighted by Gasteiger charge is -2.17. The fourth-order valence-electron chi connectivity index (χ4n) is 5.75. The summed E-state index contributed by atoms with van der Waals surface area (Å²) in [6.45, 7) is 4.14. The maximum Gasteiger partial charge on any atom is 0.305 e. The summed E-state index contributed by atoms with van der Waals surface area (Å²) in [7, 11) is 0. The molecule has 1 aromatic heterocycles. The average Bonchev–Trinajstić information content (AvgIpc) is 3.43. The number of aliphatic hydroxyl groups excluding tert-OH is 2. The van der Waals surface area contributed by atoms with Crippen molar-refractivity contribution in [3.63, 3.8) is 0 Å². The number of anilines is 1. The van der Waals surface area contributed by atoms with Crippen LogP contribution in [0, 0.1) is 11.6 Å². The summed E-state index contributed by atoms with van der Waals surface area (Å²) in [5.74, 6) is -1.99. The van der Waals surface area contributed by atoms with E-state index in [0.717, 1.165) is 5.56 Å². The van der Waals surface area contributed by atoms with Crippen LogP contribution in [-0.2, 0) is 11.4 Å². The Kier molecular flexibility index (Phi) is 11.6. The second-order valence-corrected chi connectivity index (χ2v) is 12.1. The molecule has 5 aromatic rings. The third kappa shape index (κ3) is 8.90. The Bertz CT molecular complexity index is 1940. The molecule has 0 saturated heterocycles. The van der Waals surface area contributed by atoms with Gasteiger partial charge < -0.3 is 29.9 Å². The zero-order valence-electron chi connectivity index (χ0n) is 27.6. The molecule has 5 rings (SSSR count). The third-order valence-corrected chi connectivity index (χ3v) is 8.00.